The third-order valence-corrected chi connectivity index (χ3v) is 3.83. The van der Waals surface area contributed by atoms with Gasteiger partial charge in [-0.15, -0.1) is 0 Å². The Morgan fingerprint density at radius 3 is 2.50 bits per heavy atom. The number of nitrogens with one attached hydrogen (secondary N) is 3. The van der Waals surface area contributed by atoms with E-state index in [0.717, 1.165) is 18.4 Å². The third-order valence-electron chi connectivity index (χ3n) is 3.83. The molecule has 0 aliphatic carbocycles. The molecule has 0 spiro atoms. The van der Waals surface area contributed by atoms with E-state index < -0.39 is 11.9 Å². The van der Waals surface area contributed by atoms with Gasteiger partial charge in [0.25, 0.3) is 11.8 Å². The van der Waals surface area contributed by atoms with Crippen molar-refractivity contribution in [1.29, 1.82) is 0 Å². The topological polar surface area (TPSA) is 96.5 Å². The van der Waals surface area contributed by atoms with E-state index in [-0.39, 0.29) is 12.5 Å². The van der Waals surface area contributed by atoms with E-state index in [0.29, 0.717) is 24.4 Å². The average Bonchev–Trinajstić information content (AvgIpc) is 2.71. The van der Waals surface area contributed by atoms with Crippen molar-refractivity contribution >= 4 is 17.8 Å². The highest BCUT2D eigenvalue weighted by molar-refractivity contribution is 5.95. The molecule has 148 valence electrons. The van der Waals surface area contributed by atoms with Crippen LogP contribution in [-0.2, 0) is 11.3 Å². The molecule has 2 aromatic carbocycles. The molecule has 2 rings (SSSR count). The zero-order chi connectivity index (χ0) is 20.2. The Bertz CT molecular complexity index is 793. The van der Waals surface area contributed by atoms with E-state index in [1.165, 1.54) is 0 Å². The second kappa shape index (κ2) is 11.4. The van der Waals surface area contributed by atoms with E-state index >= 15 is 0 Å². The van der Waals surface area contributed by atoms with Crippen molar-refractivity contribution in [2.24, 2.45) is 0 Å². The van der Waals surface area contributed by atoms with E-state index in [9.17, 15) is 14.4 Å². The number of hydrogen-bond donors (Lipinski definition) is 3. The van der Waals surface area contributed by atoms with Gasteiger partial charge in [-0.2, -0.15) is 0 Å². The standard InChI is InChI=1S/C21H25N3O4/c1-2-3-12-22-21(27)24-19(25)15-28-18-11-7-10-17(13-18)20(26)23-14-16-8-5-4-6-9-16/h4-11,13H,2-3,12,14-15H2,1H3,(H,23,26)(H2,22,24,25,27). The van der Waals surface area contributed by atoms with Crippen LogP contribution in [0, 0.1) is 0 Å². The van der Waals surface area contributed by atoms with Crippen molar-refractivity contribution < 1.29 is 19.1 Å². The molecule has 4 amide bonds. The number of ether oxygens (including phenoxy) is 1. The van der Waals surface area contributed by atoms with Crippen LogP contribution in [0.5, 0.6) is 5.75 Å². The summed E-state index contributed by atoms with van der Waals surface area (Å²) in [5, 5.41) is 7.61. The number of rotatable bonds is 9. The Labute approximate surface area is 164 Å². The lowest BCUT2D eigenvalue weighted by molar-refractivity contribution is -0.122. The van der Waals surface area contributed by atoms with Gasteiger partial charge in [-0.25, -0.2) is 4.79 Å². The molecule has 7 heteroatoms. The summed E-state index contributed by atoms with van der Waals surface area (Å²) in [4.78, 5) is 35.6. The Morgan fingerprint density at radius 2 is 1.75 bits per heavy atom. The molecule has 0 aromatic heterocycles. The third kappa shape index (κ3) is 7.49. The normalized spacial score (nSPS) is 10.0. The average molecular weight is 383 g/mol. The Kier molecular flexibility index (Phi) is 8.52. The van der Waals surface area contributed by atoms with Crippen molar-refractivity contribution in [2.45, 2.75) is 26.3 Å². The number of benzene rings is 2. The van der Waals surface area contributed by atoms with Crippen LogP contribution in [0.4, 0.5) is 4.79 Å². The highest BCUT2D eigenvalue weighted by Crippen LogP contribution is 2.13. The first-order valence-corrected chi connectivity index (χ1v) is 9.21. The number of urea groups is 1. The predicted molar refractivity (Wildman–Crippen MR) is 106 cm³/mol. The van der Waals surface area contributed by atoms with Crippen molar-refractivity contribution in [3.63, 3.8) is 0 Å². The fourth-order valence-corrected chi connectivity index (χ4v) is 2.34. The van der Waals surface area contributed by atoms with Crippen LogP contribution >= 0.6 is 0 Å². The molecule has 0 fully saturated rings. The highest BCUT2D eigenvalue weighted by atomic mass is 16.5. The summed E-state index contributed by atoms with van der Waals surface area (Å²) in [5.41, 5.74) is 1.42. The summed E-state index contributed by atoms with van der Waals surface area (Å²) in [5.74, 6) is -0.434. The largest absolute Gasteiger partial charge is 0.484 e. The molecule has 0 unspecified atom stereocenters. The van der Waals surface area contributed by atoms with Gasteiger partial charge in [-0.1, -0.05) is 49.7 Å². The van der Waals surface area contributed by atoms with E-state index in [1.54, 1.807) is 24.3 Å². The van der Waals surface area contributed by atoms with E-state index in [2.05, 4.69) is 16.0 Å². The number of hydrogen-bond acceptors (Lipinski definition) is 4. The summed E-state index contributed by atoms with van der Waals surface area (Å²) in [6.07, 6.45) is 1.80. The minimum Gasteiger partial charge on any atom is -0.484 e. The van der Waals surface area contributed by atoms with Crippen LogP contribution in [0.3, 0.4) is 0 Å². The first-order chi connectivity index (χ1) is 13.6. The van der Waals surface area contributed by atoms with Gasteiger partial charge in [0.2, 0.25) is 0 Å². The molecule has 0 saturated heterocycles. The van der Waals surface area contributed by atoms with E-state index in [4.69, 9.17) is 4.74 Å². The van der Waals surface area contributed by atoms with Gasteiger partial charge in [0.1, 0.15) is 5.75 Å². The quantitative estimate of drug-likeness (QED) is 0.580. The fourth-order valence-electron chi connectivity index (χ4n) is 2.34. The maximum absolute atomic E-state index is 12.3. The first-order valence-electron chi connectivity index (χ1n) is 9.21. The number of unbranched alkanes of at least 4 members (excludes halogenated alkanes) is 1. The van der Waals surface area contributed by atoms with Crippen LogP contribution in [0.15, 0.2) is 54.6 Å². The summed E-state index contributed by atoms with van der Waals surface area (Å²) in [6, 6.07) is 15.6. The lowest BCUT2D eigenvalue weighted by Crippen LogP contribution is -2.41. The number of carbonyl (C=O) groups is 3. The van der Waals surface area contributed by atoms with Crippen molar-refractivity contribution in [2.75, 3.05) is 13.2 Å². The van der Waals surface area contributed by atoms with Crippen molar-refractivity contribution in [3.05, 3.63) is 65.7 Å². The number of amides is 4. The summed E-state index contributed by atoms with van der Waals surface area (Å²) < 4.78 is 5.38. The van der Waals surface area contributed by atoms with Gasteiger partial charge >= 0.3 is 6.03 Å². The molecule has 0 aliphatic heterocycles. The molecule has 0 aliphatic rings. The van der Waals surface area contributed by atoms with Gasteiger partial charge < -0.3 is 15.4 Å². The summed E-state index contributed by atoms with van der Waals surface area (Å²) in [6.45, 7) is 2.61. The molecule has 0 atom stereocenters. The van der Waals surface area contributed by atoms with Gasteiger partial charge in [-0.3, -0.25) is 14.9 Å². The van der Waals surface area contributed by atoms with Gasteiger partial charge in [-0.05, 0) is 30.2 Å². The molecule has 2 aromatic rings. The van der Waals surface area contributed by atoms with Gasteiger partial charge in [0.15, 0.2) is 6.61 Å². The van der Waals surface area contributed by atoms with Crippen molar-refractivity contribution in [3.8, 4) is 5.75 Å². The van der Waals surface area contributed by atoms with Crippen LogP contribution in [0.25, 0.3) is 0 Å². The monoisotopic (exact) mass is 383 g/mol. The molecular weight excluding hydrogens is 358 g/mol. The molecular formula is C21H25N3O4. The molecule has 0 heterocycles. The van der Waals surface area contributed by atoms with E-state index in [1.807, 2.05) is 37.3 Å². The Hall–Kier alpha value is -3.35. The molecule has 3 N–H and O–H groups in total. The molecule has 0 saturated carbocycles. The van der Waals surface area contributed by atoms with Crippen LogP contribution < -0.4 is 20.7 Å². The first kappa shape index (κ1) is 21.0. The Morgan fingerprint density at radius 1 is 0.964 bits per heavy atom. The second-order valence-electron chi connectivity index (χ2n) is 6.14. The summed E-state index contributed by atoms with van der Waals surface area (Å²) >= 11 is 0. The minimum absolute atomic E-state index is 0.242. The SMILES string of the molecule is CCCCNC(=O)NC(=O)COc1cccc(C(=O)NCc2ccccc2)c1. The lowest BCUT2D eigenvalue weighted by atomic mass is 10.2. The van der Waals surface area contributed by atoms with Crippen LogP contribution in [0.2, 0.25) is 0 Å². The lowest BCUT2D eigenvalue weighted by Gasteiger charge is -2.09. The van der Waals surface area contributed by atoms with Gasteiger partial charge in [0, 0.05) is 18.7 Å². The van der Waals surface area contributed by atoms with Crippen LogP contribution in [-0.4, -0.2) is 31.0 Å². The Balaban J connectivity index is 1.79. The minimum atomic E-state index is -0.562. The molecule has 0 bridgehead atoms. The van der Waals surface area contributed by atoms with Crippen LogP contribution in [0.1, 0.15) is 35.7 Å². The zero-order valence-electron chi connectivity index (χ0n) is 15.9. The predicted octanol–water partition coefficient (Wildman–Crippen LogP) is 2.62. The fraction of sp³-hybridized carbons (Fsp3) is 0.286. The molecule has 28 heavy (non-hydrogen) atoms. The summed E-state index contributed by atoms with van der Waals surface area (Å²) in [7, 11) is 0. The van der Waals surface area contributed by atoms with Gasteiger partial charge in [0.05, 0.1) is 0 Å². The highest BCUT2D eigenvalue weighted by Gasteiger charge is 2.10. The maximum atomic E-state index is 12.3. The molecule has 0 radical (unpaired) electrons. The molecule has 7 nitrogen and oxygen atoms in total. The number of imide groups is 1. The zero-order valence-corrected chi connectivity index (χ0v) is 15.9. The maximum Gasteiger partial charge on any atom is 0.321 e. The second-order valence-corrected chi connectivity index (χ2v) is 6.14. The van der Waals surface area contributed by atoms with Crippen molar-refractivity contribution in [1.82, 2.24) is 16.0 Å². The smallest absolute Gasteiger partial charge is 0.321 e. The number of carbonyl (C=O) groups excluding carboxylic acids is 3.